The molecule has 1 aliphatic carbocycles. The molecule has 2 aromatic carbocycles. The van der Waals surface area contributed by atoms with Gasteiger partial charge in [0.25, 0.3) is 0 Å². The van der Waals surface area contributed by atoms with E-state index in [1.807, 2.05) is 42.0 Å². The van der Waals surface area contributed by atoms with Crippen LogP contribution in [0.15, 0.2) is 60.6 Å². The first-order valence-corrected chi connectivity index (χ1v) is 14.3. The summed E-state index contributed by atoms with van der Waals surface area (Å²) in [6, 6.07) is 14.6. The summed E-state index contributed by atoms with van der Waals surface area (Å²) in [6.07, 6.45) is 9.28. The highest BCUT2D eigenvalue weighted by Gasteiger charge is 2.34. The van der Waals surface area contributed by atoms with Gasteiger partial charge in [0.1, 0.15) is 5.75 Å². The molecule has 39 heavy (non-hydrogen) atoms. The summed E-state index contributed by atoms with van der Waals surface area (Å²) >= 11 is 6.03. The maximum atomic E-state index is 13.6. The number of benzene rings is 2. The first kappa shape index (κ1) is 27.3. The van der Waals surface area contributed by atoms with E-state index >= 15 is 0 Å². The van der Waals surface area contributed by atoms with Crippen LogP contribution in [-0.4, -0.2) is 54.8 Å². The van der Waals surface area contributed by atoms with Gasteiger partial charge in [0.2, 0.25) is 5.91 Å². The molecule has 0 spiro atoms. The number of hydrogen-bond donors (Lipinski definition) is 1. The zero-order chi connectivity index (χ0) is 27.2. The number of carbonyl (C=O) groups excluding carboxylic acids is 1. The van der Waals surface area contributed by atoms with Gasteiger partial charge in [0, 0.05) is 36.4 Å². The number of imidazole rings is 1. The van der Waals surface area contributed by atoms with E-state index in [9.17, 15) is 4.79 Å². The number of anilines is 1. The molecule has 1 atom stereocenters. The quantitative estimate of drug-likeness (QED) is 0.246. The van der Waals surface area contributed by atoms with Crippen LogP contribution in [0.2, 0.25) is 0 Å². The lowest BCUT2D eigenvalue weighted by Gasteiger charge is -2.29. The Morgan fingerprint density at radius 2 is 1.97 bits per heavy atom. The Hall–Kier alpha value is -3.29. The topological polar surface area (TPSA) is 68.6 Å². The monoisotopic (exact) mass is 548 g/mol. The fourth-order valence-electron chi connectivity index (χ4n) is 5.11. The molecule has 206 valence electrons. The van der Waals surface area contributed by atoms with Crippen LogP contribution in [0.25, 0.3) is 11.8 Å². The third kappa shape index (κ3) is 6.84. The molecule has 2 fully saturated rings. The van der Waals surface area contributed by atoms with Gasteiger partial charge in [-0.2, -0.15) is 0 Å². The highest BCUT2D eigenvalue weighted by molar-refractivity contribution is 6.17. The van der Waals surface area contributed by atoms with Crippen molar-refractivity contribution in [1.29, 1.82) is 0 Å². The molecule has 1 aliphatic heterocycles. The second-order valence-corrected chi connectivity index (χ2v) is 10.7. The molecule has 2 aliphatic rings. The molecule has 0 radical (unpaired) electrons. The van der Waals surface area contributed by atoms with Crippen LogP contribution in [0.3, 0.4) is 0 Å². The molecule has 3 aromatic rings. The number of methoxy groups -OCH3 is 1. The van der Waals surface area contributed by atoms with Crippen molar-refractivity contribution in [3.05, 3.63) is 77.4 Å². The number of amides is 1. The molecule has 1 amide bonds. The number of morpholine rings is 1. The Kier molecular flexibility index (Phi) is 8.89. The van der Waals surface area contributed by atoms with Crippen molar-refractivity contribution in [1.82, 2.24) is 14.9 Å². The lowest BCUT2D eigenvalue weighted by molar-refractivity contribution is -0.118. The summed E-state index contributed by atoms with van der Waals surface area (Å²) < 4.78 is 13.1. The van der Waals surface area contributed by atoms with Crippen LogP contribution < -0.4 is 15.0 Å². The summed E-state index contributed by atoms with van der Waals surface area (Å²) in [5.41, 5.74) is 5.82. The van der Waals surface area contributed by atoms with Gasteiger partial charge in [-0.1, -0.05) is 18.2 Å². The van der Waals surface area contributed by atoms with Crippen LogP contribution in [0.4, 0.5) is 5.69 Å². The predicted molar refractivity (Wildman–Crippen MR) is 156 cm³/mol. The maximum Gasteiger partial charge on any atom is 0.247 e. The van der Waals surface area contributed by atoms with Gasteiger partial charge in [-0.25, -0.2) is 4.98 Å². The summed E-state index contributed by atoms with van der Waals surface area (Å²) in [6.45, 7) is 5.29. The van der Waals surface area contributed by atoms with E-state index in [2.05, 4.69) is 39.5 Å². The standard InChI is InChI=1S/C31H37ClN4O3/c1-22-20-36(21-33-22)28-12-5-23(19-29(28)38-2)18-26(4-3-13-32)31(37)34-30(24-6-7-24)25-8-10-27(11-9-25)35-14-16-39-17-15-35/h5,8-12,18-21,24,30H,3-4,6-7,13-17H2,1-2H3,(H,34,37)/b26-18+. The highest BCUT2D eigenvalue weighted by atomic mass is 35.5. The predicted octanol–water partition coefficient (Wildman–Crippen LogP) is 5.70. The van der Waals surface area contributed by atoms with Crippen molar-refractivity contribution in [2.24, 2.45) is 5.92 Å². The molecule has 0 bridgehead atoms. The summed E-state index contributed by atoms with van der Waals surface area (Å²) in [5, 5.41) is 3.36. The molecule has 1 N–H and O–H groups in total. The largest absolute Gasteiger partial charge is 0.495 e. The zero-order valence-corrected chi connectivity index (χ0v) is 23.5. The van der Waals surface area contributed by atoms with Crippen LogP contribution >= 0.6 is 11.6 Å². The first-order chi connectivity index (χ1) is 19.1. The smallest absolute Gasteiger partial charge is 0.247 e. The number of carbonyl (C=O) groups is 1. The molecular formula is C31H37ClN4O3. The van der Waals surface area contributed by atoms with E-state index in [0.29, 0.717) is 18.2 Å². The minimum Gasteiger partial charge on any atom is -0.495 e. The third-order valence-corrected chi connectivity index (χ3v) is 7.68. The van der Waals surface area contributed by atoms with Crippen LogP contribution in [-0.2, 0) is 9.53 Å². The third-order valence-electron chi connectivity index (χ3n) is 7.41. The Labute approximate surface area is 235 Å². The maximum absolute atomic E-state index is 13.6. The molecular weight excluding hydrogens is 512 g/mol. The van der Waals surface area contributed by atoms with Crippen molar-refractivity contribution >= 4 is 29.3 Å². The highest BCUT2D eigenvalue weighted by Crippen LogP contribution is 2.41. The van der Waals surface area contributed by atoms with Crippen LogP contribution in [0.5, 0.6) is 5.75 Å². The Morgan fingerprint density at radius 3 is 2.62 bits per heavy atom. The molecule has 7 nitrogen and oxygen atoms in total. The average molecular weight is 549 g/mol. The number of aromatic nitrogens is 2. The molecule has 1 saturated heterocycles. The Morgan fingerprint density at radius 1 is 1.21 bits per heavy atom. The van der Waals surface area contributed by atoms with Gasteiger partial charge >= 0.3 is 0 Å². The summed E-state index contributed by atoms with van der Waals surface area (Å²) in [5.74, 6) is 1.65. The summed E-state index contributed by atoms with van der Waals surface area (Å²) in [4.78, 5) is 20.3. The molecule has 1 unspecified atom stereocenters. The SMILES string of the molecule is COc1cc(/C=C(\CCCCl)C(=O)NC(c2ccc(N3CCOCC3)cc2)C2CC2)ccc1-n1cnc(C)c1. The van der Waals surface area contributed by atoms with Crippen molar-refractivity contribution in [2.75, 3.05) is 44.2 Å². The van der Waals surface area contributed by atoms with Crippen molar-refractivity contribution in [3.8, 4) is 11.4 Å². The second kappa shape index (κ2) is 12.7. The van der Waals surface area contributed by atoms with Crippen molar-refractivity contribution < 1.29 is 14.3 Å². The first-order valence-electron chi connectivity index (χ1n) is 13.7. The normalized spacial score (nSPS) is 16.7. The van der Waals surface area contributed by atoms with E-state index in [0.717, 1.165) is 79.4 Å². The zero-order valence-electron chi connectivity index (χ0n) is 22.7. The van der Waals surface area contributed by atoms with Crippen molar-refractivity contribution in [3.63, 3.8) is 0 Å². The van der Waals surface area contributed by atoms with Gasteiger partial charge in [-0.05, 0) is 80.0 Å². The lowest BCUT2D eigenvalue weighted by atomic mass is 9.99. The molecule has 5 rings (SSSR count). The van der Waals surface area contributed by atoms with Gasteiger partial charge in [-0.3, -0.25) is 4.79 Å². The Bertz CT molecular complexity index is 1290. The molecule has 1 saturated carbocycles. The van der Waals surface area contributed by atoms with Gasteiger partial charge in [-0.15, -0.1) is 11.6 Å². The minimum absolute atomic E-state index is 0.00275. The minimum atomic E-state index is -0.0393. The van der Waals surface area contributed by atoms with E-state index in [-0.39, 0.29) is 11.9 Å². The fraction of sp³-hybridized carbons (Fsp3) is 0.419. The molecule has 8 heteroatoms. The van der Waals surface area contributed by atoms with Gasteiger partial charge in [0.15, 0.2) is 0 Å². The van der Waals surface area contributed by atoms with Gasteiger partial charge in [0.05, 0.1) is 44.1 Å². The lowest BCUT2D eigenvalue weighted by Crippen LogP contribution is -2.36. The number of nitrogens with zero attached hydrogens (tertiary/aromatic N) is 3. The number of aryl methyl sites for hydroxylation is 1. The number of hydrogen-bond acceptors (Lipinski definition) is 5. The molecule has 2 heterocycles. The van der Waals surface area contributed by atoms with Crippen LogP contribution in [0.1, 0.15) is 48.5 Å². The van der Waals surface area contributed by atoms with E-state index in [4.69, 9.17) is 21.1 Å². The number of nitrogens with one attached hydrogen (secondary N) is 1. The van der Waals surface area contributed by atoms with Gasteiger partial charge < -0.3 is 24.3 Å². The van der Waals surface area contributed by atoms with Crippen molar-refractivity contribution in [2.45, 2.75) is 38.6 Å². The Balaban J connectivity index is 1.35. The fourth-order valence-corrected chi connectivity index (χ4v) is 5.24. The second-order valence-electron chi connectivity index (χ2n) is 10.3. The number of alkyl halides is 1. The van der Waals surface area contributed by atoms with Crippen LogP contribution in [0, 0.1) is 12.8 Å². The van der Waals surface area contributed by atoms with E-state index < -0.39 is 0 Å². The number of halogens is 1. The van der Waals surface area contributed by atoms with E-state index in [1.165, 1.54) is 5.69 Å². The van der Waals surface area contributed by atoms with E-state index in [1.54, 1.807) is 13.4 Å². The summed E-state index contributed by atoms with van der Waals surface area (Å²) in [7, 11) is 1.65. The number of rotatable bonds is 11. The average Bonchev–Trinajstić information content (AvgIpc) is 3.73. The number of ether oxygens (including phenoxy) is 2. The molecule has 1 aromatic heterocycles.